The summed E-state index contributed by atoms with van der Waals surface area (Å²) in [5.41, 5.74) is 11.6. The van der Waals surface area contributed by atoms with E-state index in [-0.39, 0.29) is 9.79 Å². The second-order valence-corrected chi connectivity index (χ2v) is 10.2. The Morgan fingerprint density at radius 2 is 1.19 bits per heavy atom. The summed E-state index contributed by atoms with van der Waals surface area (Å²) in [4.78, 5) is 2.36. The van der Waals surface area contributed by atoms with Crippen molar-refractivity contribution >= 4 is 24.1 Å². The monoisotopic (exact) mass is 406 g/mol. The number of hydrogen-bond donors (Lipinski definition) is 0. The van der Waals surface area contributed by atoms with Gasteiger partial charge in [-0.2, -0.15) is 0 Å². The van der Waals surface area contributed by atoms with Gasteiger partial charge in [-0.25, -0.2) is 16.8 Å². The van der Waals surface area contributed by atoms with E-state index in [4.69, 9.17) is 0 Å². The number of rotatable bonds is 4. The van der Waals surface area contributed by atoms with Crippen LogP contribution < -0.4 is 0 Å². The molecule has 0 saturated carbocycles. The van der Waals surface area contributed by atoms with Gasteiger partial charge in [0.2, 0.25) is 0 Å². The fourth-order valence-corrected chi connectivity index (χ4v) is 6.63. The highest BCUT2D eigenvalue weighted by Gasteiger charge is 2.45. The van der Waals surface area contributed by atoms with Crippen molar-refractivity contribution in [2.75, 3.05) is 0 Å². The van der Waals surface area contributed by atoms with Crippen molar-refractivity contribution < 1.29 is 21.6 Å². The van der Waals surface area contributed by atoms with Gasteiger partial charge >= 0.3 is 4.38 Å². The molecule has 2 aromatic carbocycles. The first-order valence-corrected chi connectivity index (χ1v) is 11.5. The molecule has 0 fully saturated rings. The third kappa shape index (κ3) is 3.88. The number of aryl methyl sites for hydroxylation is 4. The van der Waals surface area contributed by atoms with Crippen LogP contribution in [0.4, 0.5) is 0 Å². The number of benzene rings is 2. The van der Waals surface area contributed by atoms with E-state index in [1.54, 1.807) is 38.1 Å². The summed E-state index contributed by atoms with van der Waals surface area (Å²) in [6.07, 6.45) is 1.16. The SMILES string of the molecule is CCc1ccc(C)c(S(=O)(=O)C(=[N+]=[N-])S(=O)(=O)c2cc(CC)ccc2C)c1. The molecule has 0 atom stereocenters. The van der Waals surface area contributed by atoms with Crippen LogP contribution >= 0.6 is 0 Å². The molecule has 0 spiro atoms. The van der Waals surface area contributed by atoms with Crippen molar-refractivity contribution in [3.63, 3.8) is 0 Å². The zero-order chi connectivity index (χ0) is 20.4. The van der Waals surface area contributed by atoms with Crippen LogP contribution in [0, 0.1) is 13.8 Å². The number of hydrogen-bond acceptors (Lipinski definition) is 4. The normalized spacial score (nSPS) is 11.9. The highest BCUT2D eigenvalue weighted by molar-refractivity contribution is 8.31. The number of nitrogens with zero attached hydrogens (tertiary/aromatic N) is 2. The topological polar surface area (TPSA) is 105 Å². The molecule has 0 unspecified atom stereocenters. The first-order valence-electron chi connectivity index (χ1n) is 8.50. The predicted molar refractivity (Wildman–Crippen MR) is 104 cm³/mol. The van der Waals surface area contributed by atoms with Crippen molar-refractivity contribution in [1.82, 2.24) is 0 Å². The van der Waals surface area contributed by atoms with Gasteiger partial charge in [0.25, 0.3) is 19.7 Å². The molecular formula is C19H22N2O4S2. The zero-order valence-electron chi connectivity index (χ0n) is 15.7. The van der Waals surface area contributed by atoms with Crippen LogP contribution in [0.1, 0.15) is 36.1 Å². The average molecular weight is 407 g/mol. The molecular weight excluding hydrogens is 384 g/mol. The quantitative estimate of drug-likeness (QED) is 0.336. The van der Waals surface area contributed by atoms with Gasteiger partial charge in [-0.1, -0.05) is 38.1 Å². The Bertz CT molecular complexity index is 1060. The molecule has 0 heterocycles. The Morgan fingerprint density at radius 1 is 0.815 bits per heavy atom. The Morgan fingerprint density at radius 3 is 1.48 bits per heavy atom. The highest BCUT2D eigenvalue weighted by Crippen LogP contribution is 2.26. The molecule has 0 radical (unpaired) electrons. The second kappa shape index (κ2) is 7.76. The first-order chi connectivity index (χ1) is 12.6. The molecule has 2 aromatic rings. The van der Waals surface area contributed by atoms with E-state index in [2.05, 4.69) is 4.79 Å². The molecule has 0 N–H and O–H groups in total. The van der Waals surface area contributed by atoms with E-state index in [1.165, 1.54) is 12.1 Å². The Balaban J connectivity index is 2.75. The van der Waals surface area contributed by atoms with Crippen molar-refractivity contribution in [2.45, 2.75) is 50.3 Å². The van der Waals surface area contributed by atoms with Gasteiger partial charge in [0, 0.05) is 0 Å². The van der Waals surface area contributed by atoms with Gasteiger partial charge in [0.15, 0.2) is 0 Å². The van der Waals surface area contributed by atoms with Crippen LogP contribution in [-0.2, 0) is 32.5 Å². The minimum absolute atomic E-state index is 0.178. The smallest absolute Gasteiger partial charge is 0.359 e. The molecule has 27 heavy (non-hydrogen) atoms. The number of sulfone groups is 2. The van der Waals surface area contributed by atoms with Crippen LogP contribution in [0.3, 0.4) is 0 Å². The Kier molecular flexibility index (Phi) is 6.04. The summed E-state index contributed by atoms with van der Waals surface area (Å²) in [5, 5.41) is 0. The van der Waals surface area contributed by atoms with E-state index in [9.17, 15) is 22.4 Å². The maximum Gasteiger partial charge on any atom is 0.504 e. The van der Waals surface area contributed by atoms with E-state index >= 15 is 0 Å². The van der Waals surface area contributed by atoms with Crippen molar-refractivity contribution in [3.05, 3.63) is 64.2 Å². The zero-order valence-corrected chi connectivity index (χ0v) is 17.4. The predicted octanol–water partition coefficient (Wildman–Crippen LogP) is 3.26. The van der Waals surface area contributed by atoms with Crippen LogP contribution in [0.2, 0.25) is 0 Å². The average Bonchev–Trinajstić information content (AvgIpc) is 2.62. The first kappa shape index (κ1) is 21.0. The molecule has 0 saturated heterocycles. The Hall–Kier alpha value is -2.28. The van der Waals surface area contributed by atoms with Gasteiger partial charge in [0.1, 0.15) is 0 Å². The minimum atomic E-state index is -4.54. The summed E-state index contributed by atoms with van der Waals surface area (Å²) in [7, 11) is -9.09. The maximum absolute atomic E-state index is 13.1. The van der Waals surface area contributed by atoms with Crippen molar-refractivity contribution in [2.24, 2.45) is 0 Å². The molecule has 0 bridgehead atoms. The fraction of sp³-hybridized carbons (Fsp3) is 0.316. The van der Waals surface area contributed by atoms with Gasteiger partial charge in [-0.3, -0.25) is 0 Å². The second-order valence-electron chi connectivity index (χ2n) is 6.28. The van der Waals surface area contributed by atoms with Crippen LogP contribution in [-0.4, -0.2) is 26.0 Å². The lowest BCUT2D eigenvalue weighted by atomic mass is 10.1. The van der Waals surface area contributed by atoms with Crippen LogP contribution in [0.25, 0.3) is 5.53 Å². The van der Waals surface area contributed by atoms with Gasteiger partial charge in [0.05, 0.1) is 9.79 Å². The van der Waals surface area contributed by atoms with E-state index in [0.717, 1.165) is 11.1 Å². The standard InChI is InChI=1S/C19H22N2O4S2/c1-5-15-9-7-13(3)17(11-15)26(22,23)19(21-20)27(24,25)18-12-16(6-2)10-8-14(18)4/h7-12H,5-6H2,1-4H3. The van der Waals surface area contributed by atoms with Crippen molar-refractivity contribution in [1.29, 1.82) is 0 Å². The third-order valence-corrected chi connectivity index (χ3v) is 8.88. The van der Waals surface area contributed by atoms with Gasteiger partial charge in [-0.15, -0.1) is 4.79 Å². The highest BCUT2D eigenvalue weighted by atomic mass is 32.3. The summed E-state index contributed by atoms with van der Waals surface area (Å²) < 4.78 is 51.0. The lowest BCUT2D eigenvalue weighted by Crippen LogP contribution is -2.27. The summed E-state index contributed by atoms with van der Waals surface area (Å²) in [5.74, 6) is 0. The molecule has 0 aromatic heterocycles. The molecule has 0 aliphatic heterocycles. The lowest BCUT2D eigenvalue weighted by molar-refractivity contribution is 0.00379. The third-order valence-electron chi connectivity index (χ3n) is 4.44. The molecule has 0 aliphatic rings. The van der Waals surface area contributed by atoms with Crippen LogP contribution in [0.5, 0.6) is 0 Å². The molecule has 144 valence electrons. The molecule has 0 aliphatic carbocycles. The maximum atomic E-state index is 13.1. The van der Waals surface area contributed by atoms with Crippen LogP contribution in [0.15, 0.2) is 46.2 Å². The van der Waals surface area contributed by atoms with E-state index < -0.39 is 24.1 Å². The lowest BCUT2D eigenvalue weighted by Gasteiger charge is -2.09. The molecule has 8 heteroatoms. The van der Waals surface area contributed by atoms with E-state index in [1.807, 2.05) is 13.8 Å². The van der Waals surface area contributed by atoms with Gasteiger partial charge < -0.3 is 5.53 Å². The largest absolute Gasteiger partial charge is 0.504 e. The fourth-order valence-electron chi connectivity index (χ4n) is 2.75. The van der Waals surface area contributed by atoms with Gasteiger partial charge in [-0.05, 0) is 61.1 Å². The van der Waals surface area contributed by atoms with Crippen molar-refractivity contribution in [3.8, 4) is 0 Å². The summed E-state index contributed by atoms with van der Waals surface area (Å²) in [6, 6.07) is 9.59. The molecule has 0 amide bonds. The molecule has 6 nitrogen and oxygen atoms in total. The summed E-state index contributed by atoms with van der Waals surface area (Å²) in [6.45, 7) is 6.85. The minimum Gasteiger partial charge on any atom is -0.359 e. The Labute approximate surface area is 160 Å². The van der Waals surface area contributed by atoms with E-state index in [0.29, 0.717) is 24.0 Å². The summed E-state index contributed by atoms with van der Waals surface area (Å²) >= 11 is 0. The molecule has 2 rings (SSSR count).